The van der Waals surface area contributed by atoms with Crippen molar-refractivity contribution < 1.29 is 14.1 Å². The molecule has 34 heavy (non-hydrogen) atoms. The number of carbonyl (C=O) groups excluding carboxylic acids is 1. The van der Waals surface area contributed by atoms with Gasteiger partial charge in [-0.1, -0.05) is 54.1 Å². The molecule has 1 aromatic heterocycles. The number of thioether (sulfide) groups is 1. The van der Waals surface area contributed by atoms with Crippen molar-refractivity contribution in [2.24, 2.45) is 0 Å². The van der Waals surface area contributed by atoms with E-state index in [1.165, 1.54) is 17.3 Å². The van der Waals surface area contributed by atoms with Crippen molar-refractivity contribution in [2.75, 3.05) is 42.3 Å². The van der Waals surface area contributed by atoms with E-state index < -0.39 is 0 Å². The molecule has 0 radical (unpaired) electrons. The number of H-pyrrole nitrogens is 1. The van der Waals surface area contributed by atoms with Gasteiger partial charge < -0.3 is 15.0 Å². The van der Waals surface area contributed by atoms with Gasteiger partial charge >= 0.3 is 5.16 Å². The summed E-state index contributed by atoms with van der Waals surface area (Å²) in [6.07, 6.45) is 0. The maximum atomic E-state index is 13.0. The van der Waals surface area contributed by atoms with Crippen LogP contribution in [-0.2, 0) is 16.1 Å². The summed E-state index contributed by atoms with van der Waals surface area (Å²) in [6, 6.07) is 24.2. The van der Waals surface area contributed by atoms with Crippen molar-refractivity contribution in [3.05, 3.63) is 83.4 Å². The Balaban J connectivity index is 1.33. The van der Waals surface area contributed by atoms with Crippen LogP contribution in [0, 0.1) is 0 Å². The van der Waals surface area contributed by atoms with Gasteiger partial charge in [0.1, 0.15) is 6.54 Å². The fraction of sp³-hybridized carbons (Fsp3) is 0.231. The number of nitrogens with zero attached hydrogens (tertiary/aromatic N) is 2. The number of anilines is 2. The van der Waals surface area contributed by atoms with Crippen LogP contribution in [0.1, 0.15) is 5.56 Å². The van der Waals surface area contributed by atoms with Crippen molar-refractivity contribution in [3.8, 4) is 0 Å². The number of halogens is 1. The Morgan fingerprint density at radius 2 is 1.82 bits per heavy atom. The largest absolute Gasteiger partial charge is 0.378 e. The summed E-state index contributed by atoms with van der Waals surface area (Å²) in [5, 5.41) is 4.61. The normalized spacial score (nSPS) is 13.9. The predicted molar refractivity (Wildman–Crippen MR) is 138 cm³/mol. The molecule has 8 heteroatoms. The fourth-order valence-corrected chi connectivity index (χ4v) is 5.17. The van der Waals surface area contributed by atoms with E-state index in [1.807, 2.05) is 48.5 Å². The number of amides is 1. The van der Waals surface area contributed by atoms with Crippen LogP contribution < -0.4 is 14.8 Å². The van der Waals surface area contributed by atoms with Crippen LogP contribution >= 0.6 is 23.4 Å². The topological polar surface area (TPSA) is 61.2 Å². The summed E-state index contributed by atoms with van der Waals surface area (Å²) in [4.78, 5) is 18.7. The van der Waals surface area contributed by atoms with Crippen LogP contribution in [0.25, 0.3) is 11.0 Å². The Bertz CT molecular complexity index is 1290. The van der Waals surface area contributed by atoms with Gasteiger partial charge in [0.15, 0.2) is 11.0 Å². The molecule has 0 atom stereocenters. The van der Waals surface area contributed by atoms with E-state index in [9.17, 15) is 4.79 Å². The molecule has 174 valence electrons. The van der Waals surface area contributed by atoms with Crippen molar-refractivity contribution in [1.82, 2.24) is 4.98 Å². The molecule has 2 N–H and O–H groups in total. The number of nitrogens with one attached hydrogen (secondary N) is 2. The predicted octanol–water partition coefficient (Wildman–Crippen LogP) is 4.72. The van der Waals surface area contributed by atoms with E-state index in [2.05, 4.69) is 44.0 Å². The average Bonchev–Trinajstić information content (AvgIpc) is 3.21. The molecular formula is C26H26ClN4O2S+. The molecule has 0 aliphatic carbocycles. The van der Waals surface area contributed by atoms with Gasteiger partial charge in [-0.2, -0.15) is 0 Å². The van der Waals surface area contributed by atoms with Crippen molar-refractivity contribution >= 4 is 51.7 Å². The van der Waals surface area contributed by atoms with E-state index in [0.29, 0.717) is 18.2 Å². The van der Waals surface area contributed by atoms with Crippen molar-refractivity contribution in [2.45, 2.75) is 11.7 Å². The third-order valence-corrected chi connectivity index (χ3v) is 7.03. The lowest BCUT2D eigenvalue weighted by molar-refractivity contribution is -0.700. The zero-order chi connectivity index (χ0) is 23.3. The summed E-state index contributed by atoms with van der Waals surface area (Å²) in [7, 11) is 0. The molecule has 1 aliphatic rings. The van der Waals surface area contributed by atoms with E-state index in [1.54, 1.807) is 0 Å². The van der Waals surface area contributed by atoms with Crippen molar-refractivity contribution in [3.63, 3.8) is 0 Å². The Morgan fingerprint density at radius 3 is 2.65 bits per heavy atom. The summed E-state index contributed by atoms with van der Waals surface area (Å²) < 4.78 is 7.69. The summed E-state index contributed by atoms with van der Waals surface area (Å²) in [6.45, 7) is 3.65. The number of aromatic amines is 1. The SMILES string of the molecule is O=C(CSc1[nH]c2ccccc2[n+]1Cc1ccccc1)Nc1cc(Cl)ccc1N1CCOCC1. The number of hydrogen-bond donors (Lipinski definition) is 2. The minimum Gasteiger partial charge on any atom is -0.378 e. The zero-order valence-electron chi connectivity index (χ0n) is 18.7. The number of rotatable bonds is 7. The molecule has 0 spiro atoms. The van der Waals surface area contributed by atoms with Crippen LogP contribution in [0.4, 0.5) is 11.4 Å². The number of carbonyl (C=O) groups is 1. The molecule has 1 fully saturated rings. The first-order chi connectivity index (χ1) is 16.7. The molecule has 0 bridgehead atoms. The molecule has 6 nitrogen and oxygen atoms in total. The number of ether oxygens (including phenoxy) is 1. The quantitative estimate of drug-likeness (QED) is 0.289. The third-order valence-electron chi connectivity index (χ3n) is 5.79. The van der Waals surface area contributed by atoms with Gasteiger partial charge in [-0.3, -0.25) is 4.79 Å². The Morgan fingerprint density at radius 1 is 1.06 bits per heavy atom. The van der Waals surface area contributed by atoms with Crippen LogP contribution in [0.15, 0.2) is 78.0 Å². The molecule has 5 rings (SSSR count). The highest BCUT2D eigenvalue weighted by atomic mass is 35.5. The van der Waals surface area contributed by atoms with E-state index in [0.717, 1.165) is 47.2 Å². The first-order valence-corrected chi connectivity index (χ1v) is 12.6. The highest BCUT2D eigenvalue weighted by Gasteiger charge is 2.21. The molecule has 1 amide bonds. The summed E-state index contributed by atoms with van der Waals surface area (Å²) in [5.41, 5.74) is 5.06. The number of hydrogen-bond acceptors (Lipinski definition) is 4. The number of para-hydroxylation sites is 2. The molecule has 3 aromatic carbocycles. The molecule has 4 aromatic rings. The van der Waals surface area contributed by atoms with Crippen LogP contribution in [0.5, 0.6) is 0 Å². The molecular weight excluding hydrogens is 468 g/mol. The average molecular weight is 494 g/mol. The number of benzene rings is 3. The van der Waals surface area contributed by atoms with Crippen LogP contribution in [0.2, 0.25) is 5.02 Å². The molecule has 2 heterocycles. The van der Waals surface area contributed by atoms with Gasteiger partial charge in [0.25, 0.3) is 0 Å². The first-order valence-electron chi connectivity index (χ1n) is 11.3. The highest BCUT2D eigenvalue weighted by molar-refractivity contribution is 7.99. The van der Waals surface area contributed by atoms with E-state index >= 15 is 0 Å². The van der Waals surface area contributed by atoms with E-state index in [4.69, 9.17) is 16.3 Å². The fourth-order valence-electron chi connectivity index (χ4n) is 4.15. The molecule has 1 aliphatic heterocycles. The number of imidazole rings is 1. The molecule has 0 unspecified atom stereocenters. The van der Waals surface area contributed by atoms with Gasteiger partial charge in [-0.15, -0.1) is 0 Å². The first kappa shape index (κ1) is 22.8. The number of fused-ring (bicyclic) bond motifs is 1. The summed E-state index contributed by atoms with van der Waals surface area (Å²) in [5.74, 6) is 0.197. The third kappa shape index (κ3) is 5.22. The lowest BCUT2D eigenvalue weighted by atomic mass is 10.2. The number of morpholine rings is 1. The second kappa shape index (κ2) is 10.5. The summed E-state index contributed by atoms with van der Waals surface area (Å²) >= 11 is 7.74. The van der Waals surface area contributed by atoms with Crippen LogP contribution in [0.3, 0.4) is 0 Å². The van der Waals surface area contributed by atoms with Gasteiger partial charge in [0.05, 0.1) is 30.3 Å². The standard InChI is InChI=1S/C26H25ClN4O2S/c27-20-10-11-23(30-12-14-33-15-13-30)22(16-20)28-25(32)18-34-26-29-21-8-4-5-9-24(21)31(26)17-19-6-2-1-3-7-19/h1-11,16H,12-15,17-18H2,(H,28,32)/p+1. The van der Waals surface area contributed by atoms with Crippen LogP contribution in [-0.4, -0.2) is 42.9 Å². The van der Waals surface area contributed by atoms with Gasteiger partial charge in [-0.25, -0.2) is 9.55 Å². The number of aromatic nitrogens is 2. The van der Waals surface area contributed by atoms with Gasteiger partial charge in [0.2, 0.25) is 5.91 Å². The maximum absolute atomic E-state index is 13.0. The zero-order valence-corrected chi connectivity index (χ0v) is 20.2. The maximum Gasteiger partial charge on any atom is 0.317 e. The van der Waals surface area contributed by atoms with Gasteiger partial charge in [0, 0.05) is 18.1 Å². The second-order valence-electron chi connectivity index (χ2n) is 8.12. The minimum absolute atomic E-state index is 0.0771. The Hall–Kier alpha value is -3.00. The molecule has 0 saturated carbocycles. The van der Waals surface area contributed by atoms with Gasteiger partial charge in [-0.05, 0) is 47.7 Å². The smallest absolute Gasteiger partial charge is 0.317 e. The van der Waals surface area contributed by atoms with Crippen molar-refractivity contribution in [1.29, 1.82) is 0 Å². The Kier molecular flexibility index (Phi) is 7.04. The monoisotopic (exact) mass is 493 g/mol. The lowest BCUT2D eigenvalue weighted by Gasteiger charge is -2.30. The van der Waals surface area contributed by atoms with E-state index in [-0.39, 0.29) is 11.7 Å². The molecule has 1 saturated heterocycles. The lowest BCUT2D eigenvalue weighted by Crippen LogP contribution is -2.37. The highest BCUT2D eigenvalue weighted by Crippen LogP contribution is 2.30. The second-order valence-corrected chi connectivity index (χ2v) is 9.52. The Labute approximate surface area is 207 Å². The minimum atomic E-state index is -0.0771.